The van der Waals surface area contributed by atoms with Crippen molar-refractivity contribution in [1.82, 2.24) is 20.4 Å². The van der Waals surface area contributed by atoms with E-state index in [1.807, 2.05) is 6.92 Å². The van der Waals surface area contributed by atoms with Gasteiger partial charge in [-0.3, -0.25) is 9.59 Å². The van der Waals surface area contributed by atoms with Crippen molar-refractivity contribution >= 4 is 11.8 Å². The van der Waals surface area contributed by atoms with Crippen molar-refractivity contribution in [3.63, 3.8) is 0 Å². The lowest BCUT2D eigenvalue weighted by atomic mass is 10.00. The lowest BCUT2D eigenvalue weighted by Crippen LogP contribution is -2.61. The smallest absolute Gasteiger partial charge is 0.246 e. The number of ether oxygens (including phenoxy) is 1. The number of morpholine rings is 1. The lowest BCUT2D eigenvalue weighted by molar-refractivity contribution is -0.146. The van der Waals surface area contributed by atoms with E-state index < -0.39 is 0 Å². The SMILES string of the molecule is CCc1noc(CCC(=O)N2CC[C@@H]3OCC(=O)N[C@H]3C2)n1. The zero-order chi connectivity index (χ0) is 15.5. The molecule has 1 N–H and O–H groups in total. The predicted octanol–water partition coefficient (Wildman–Crippen LogP) is -0.319. The summed E-state index contributed by atoms with van der Waals surface area (Å²) in [6.45, 7) is 3.22. The number of nitrogens with one attached hydrogen (secondary N) is 1. The molecule has 2 saturated heterocycles. The van der Waals surface area contributed by atoms with Crippen molar-refractivity contribution < 1.29 is 18.8 Å². The Hall–Kier alpha value is -1.96. The first kappa shape index (κ1) is 15.0. The number of amides is 2. The van der Waals surface area contributed by atoms with E-state index >= 15 is 0 Å². The fourth-order valence-electron chi connectivity index (χ4n) is 2.83. The summed E-state index contributed by atoms with van der Waals surface area (Å²) in [5.41, 5.74) is 0. The number of fused-ring (bicyclic) bond motifs is 1. The maximum absolute atomic E-state index is 12.3. The molecule has 0 unspecified atom stereocenters. The van der Waals surface area contributed by atoms with Crippen molar-refractivity contribution in [3.05, 3.63) is 11.7 Å². The van der Waals surface area contributed by atoms with Crippen LogP contribution in [0.2, 0.25) is 0 Å². The lowest BCUT2D eigenvalue weighted by Gasteiger charge is -2.41. The van der Waals surface area contributed by atoms with Gasteiger partial charge in [-0.25, -0.2) is 0 Å². The highest BCUT2D eigenvalue weighted by atomic mass is 16.5. The fourth-order valence-corrected chi connectivity index (χ4v) is 2.83. The van der Waals surface area contributed by atoms with Gasteiger partial charge < -0.3 is 19.5 Å². The highest BCUT2D eigenvalue weighted by Gasteiger charge is 2.36. The monoisotopic (exact) mass is 308 g/mol. The van der Waals surface area contributed by atoms with Gasteiger partial charge in [0.25, 0.3) is 0 Å². The molecule has 8 heteroatoms. The van der Waals surface area contributed by atoms with Crippen LogP contribution < -0.4 is 5.32 Å². The third-order valence-corrected chi connectivity index (χ3v) is 4.06. The average Bonchev–Trinajstić information content (AvgIpc) is 3.00. The molecule has 2 aliphatic rings. The molecule has 2 amide bonds. The van der Waals surface area contributed by atoms with E-state index in [1.165, 1.54) is 0 Å². The second-order valence-electron chi connectivity index (χ2n) is 5.61. The highest BCUT2D eigenvalue weighted by molar-refractivity contribution is 5.79. The molecule has 0 spiro atoms. The van der Waals surface area contributed by atoms with Crippen LogP contribution in [0.3, 0.4) is 0 Å². The summed E-state index contributed by atoms with van der Waals surface area (Å²) in [4.78, 5) is 29.6. The number of piperidine rings is 1. The van der Waals surface area contributed by atoms with Gasteiger partial charge in [0.2, 0.25) is 17.7 Å². The molecule has 2 atom stereocenters. The van der Waals surface area contributed by atoms with Crippen LogP contribution in [0.5, 0.6) is 0 Å². The summed E-state index contributed by atoms with van der Waals surface area (Å²) >= 11 is 0. The van der Waals surface area contributed by atoms with Gasteiger partial charge in [-0.15, -0.1) is 0 Å². The molecule has 22 heavy (non-hydrogen) atoms. The van der Waals surface area contributed by atoms with Gasteiger partial charge in [0, 0.05) is 32.4 Å². The van der Waals surface area contributed by atoms with Crippen molar-refractivity contribution in [3.8, 4) is 0 Å². The minimum atomic E-state index is -0.117. The second-order valence-corrected chi connectivity index (χ2v) is 5.61. The van der Waals surface area contributed by atoms with E-state index in [9.17, 15) is 9.59 Å². The first-order valence-corrected chi connectivity index (χ1v) is 7.66. The predicted molar refractivity (Wildman–Crippen MR) is 74.9 cm³/mol. The summed E-state index contributed by atoms with van der Waals surface area (Å²) in [5, 5.41) is 6.70. The molecular weight excluding hydrogens is 288 g/mol. The number of rotatable bonds is 4. The molecule has 8 nitrogen and oxygen atoms in total. The van der Waals surface area contributed by atoms with Gasteiger partial charge in [0.1, 0.15) is 6.61 Å². The van der Waals surface area contributed by atoms with E-state index in [0.717, 1.165) is 6.42 Å². The molecular formula is C14H20N4O4. The van der Waals surface area contributed by atoms with Crippen LogP contribution in [-0.4, -0.2) is 58.7 Å². The van der Waals surface area contributed by atoms with Crippen LogP contribution in [0.4, 0.5) is 0 Å². The quantitative estimate of drug-likeness (QED) is 0.819. The number of aryl methyl sites for hydroxylation is 2. The Bertz CT molecular complexity index is 559. The molecule has 2 fully saturated rings. The first-order valence-electron chi connectivity index (χ1n) is 7.66. The topological polar surface area (TPSA) is 97.6 Å². The van der Waals surface area contributed by atoms with Crippen LogP contribution in [0.1, 0.15) is 31.5 Å². The number of aromatic nitrogens is 2. The van der Waals surface area contributed by atoms with Crippen molar-refractivity contribution in [2.75, 3.05) is 19.7 Å². The Morgan fingerprint density at radius 3 is 3.14 bits per heavy atom. The highest BCUT2D eigenvalue weighted by Crippen LogP contribution is 2.18. The molecule has 3 heterocycles. The van der Waals surface area contributed by atoms with Crippen LogP contribution >= 0.6 is 0 Å². The Balaban J connectivity index is 1.51. The van der Waals surface area contributed by atoms with Crippen LogP contribution in [0.25, 0.3) is 0 Å². The number of likely N-dealkylation sites (tertiary alicyclic amines) is 1. The Morgan fingerprint density at radius 1 is 1.50 bits per heavy atom. The van der Waals surface area contributed by atoms with E-state index in [1.54, 1.807) is 4.90 Å². The van der Waals surface area contributed by atoms with Gasteiger partial charge in [-0.05, 0) is 6.42 Å². The number of carbonyl (C=O) groups excluding carboxylic acids is 2. The molecule has 0 radical (unpaired) electrons. The Kier molecular flexibility index (Phi) is 4.37. The normalized spacial score (nSPS) is 24.8. The van der Waals surface area contributed by atoms with Crippen molar-refractivity contribution in [1.29, 1.82) is 0 Å². The van der Waals surface area contributed by atoms with Crippen LogP contribution in [0.15, 0.2) is 4.52 Å². The number of hydrogen-bond acceptors (Lipinski definition) is 6. The molecule has 0 aromatic carbocycles. The largest absolute Gasteiger partial charge is 0.366 e. The first-order chi connectivity index (χ1) is 10.7. The van der Waals surface area contributed by atoms with Gasteiger partial charge in [0.15, 0.2) is 5.82 Å². The minimum absolute atomic E-state index is 0.0183. The molecule has 0 saturated carbocycles. The average molecular weight is 308 g/mol. The molecule has 1 aromatic heterocycles. The fraction of sp³-hybridized carbons (Fsp3) is 0.714. The molecule has 120 valence electrons. The summed E-state index contributed by atoms with van der Waals surface area (Å²) in [5.74, 6) is 1.07. The summed E-state index contributed by atoms with van der Waals surface area (Å²) in [7, 11) is 0. The zero-order valence-corrected chi connectivity index (χ0v) is 12.6. The molecule has 0 aliphatic carbocycles. The van der Waals surface area contributed by atoms with E-state index in [4.69, 9.17) is 9.26 Å². The summed E-state index contributed by atoms with van der Waals surface area (Å²) in [6, 6.07) is -0.103. The van der Waals surface area contributed by atoms with Gasteiger partial charge >= 0.3 is 0 Å². The number of carbonyl (C=O) groups is 2. The van der Waals surface area contributed by atoms with Gasteiger partial charge in [-0.1, -0.05) is 12.1 Å². The van der Waals surface area contributed by atoms with E-state index in [2.05, 4.69) is 15.5 Å². The van der Waals surface area contributed by atoms with Crippen molar-refractivity contribution in [2.24, 2.45) is 0 Å². The molecule has 2 aliphatic heterocycles. The van der Waals surface area contributed by atoms with Gasteiger partial charge in [0.05, 0.1) is 12.1 Å². The Labute approximate surface area is 128 Å². The molecule has 0 bridgehead atoms. The standard InChI is InChI=1S/C14H20N4O4/c1-2-11-16-13(22-17-11)3-4-14(20)18-6-5-10-9(7-18)15-12(19)8-21-10/h9-10H,2-8H2,1H3,(H,15,19)/t9-,10-/m0/s1. The number of hydrogen-bond donors (Lipinski definition) is 1. The van der Waals surface area contributed by atoms with Crippen LogP contribution in [0, 0.1) is 0 Å². The van der Waals surface area contributed by atoms with E-state index in [0.29, 0.717) is 44.1 Å². The minimum Gasteiger partial charge on any atom is -0.366 e. The summed E-state index contributed by atoms with van der Waals surface area (Å²) in [6.07, 6.45) is 2.25. The third kappa shape index (κ3) is 3.27. The van der Waals surface area contributed by atoms with Crippen molar-refractivity contribution in [2.45, 2.75) is 44.8 Å². The second kappa shape index (κ2) is 6.43. The van der Waals surface area contributed by atoms with E-state index in [-0.39, 0.29) is 30.6 Å². The maximum Gasteiger partial charge on any atom is 0.246 e. The number of nitrogens with zero attached hydrogens (tertiary/aromatic N) is 3. The third-order valence-electron chi connectivity index (χ3n) is 4.06. The maximum atomic E-state index is 12.3. The zero-order valence-electron chi connectivity index (χ0n) is 12.6. The molecule has 3 rings (SSSR count). The van der Waals surface area contributed by atoms with Crippen LogP contribution in [-0.2, 0) is 27.2 Å². The van der Waals surface area contributed by atoms with Gasteiger partial charge in [-0.2, -0.15) is 4.98 Å². The molecule has 1 aromatic rings. The summed E-state index contributed by atoms with van der Waals surface area (Å²) < 4.78 is 10.6. The Morgan fingerprint density at radius 2 is 2.36 bits per heavy atom.